The van der Waals surface area contributed by atoms with Gasteiger partial charge in [0.05, 0.1) is 11.1 Å². The van der Waals surface area contributed by atoms with Gasteiger partial charge in [0.25, 0.3) is 0 Å². The third kappa shape index (κ3) is 2.25. The number of ether oxygens (including phenoxy) is 1. The van der Waals surface area contributed by atoms with Crippen LogP contribution in [0.15, 0.2) is 10.5 Å². The Kier molecular flexibility index (Phi) is 3.62. The van der Waals surface area contributed by atoms with E-state index in [4.69, 9.17) is 27.9 Å². The number of halogens is 3. The SMILES string of the molecule is CCOc1cc(Br)c(Cl)nc1Cl. The van der Waals surface area contributed by atoms with Gasteiger partial charge < -0.3 is 4.74 Å². The van der Waals surface area contributed by atoms with Crippen molar-refractivity contribution in [2.45, 2.75) is 6.92 Å². The van der Waals surface area contributed by atoms with E-state index in [-0.39, 0.29) is 5.15 Å². The molecule has 0 bridgehead atoms. The lowest BCUT2D eigenvalue weighted by Gasteiger charge is -2.05. The topological polar surface area (TPSA) is 22.1 Å². The Morgan fingerprint density at radius 3 is 2.75 bits per heavy atom. The van der Waals surface area contributed by atoms with E-state index in [0.717, 1.165) is 0 Å². The number of nitrogens with zero attached hydrogens (tertiary/aromatic N) is 1. The summed E-state index contributed by atoms with van der Waals surface area (Å²) in [6.07, 6.45) is 0. The summed E-state index contributed by atoms with van der Waals surface area (Å²) < 4.78 is 5.87. The van der Waals surface area contributed by atoms with Crippen molar-refractivity contribution in [1.82, 2.24) is 4.98 Å². The molecule has 0 aliphatic rings. The second-order valence-corrected chi connectivity index (χ2v) is 3.55. The van der Waals surface area contributed by atoms with E-state index < -0.39 is 0 Å². The Bertz CT molecular complexity index is 293. The fraction of sp³-hybridized carbons (Fsp3) is 0.286. The third-order valence-electron chi connectivity index (χ3n) is 1.15. The van der Waals surface area contributed by atoms with E-state index in [1.54, 1.807) is 6.07 Å². The third-order valence-corrected chi connectivity index (χ3v) is 2.55. The van der Waals surface area contributed by atoms with Gasteiger partial charge in [-0.05, 0) is 22.9 Å². The fourth-order valence-electron chi connectivity index (χ4n) is 0.686. The minimum absolute atomic E-state index is 0.282. The Hall–Kier alpha value is 0.01000. The van der Waals surface area contributed by atoms with E-state index >= 15 is 0 Å². The monoisotopic (exact) mass is 269 g/mol. The summed E-state index contributed by atoms with van der Waals surface area (Å²) in [4.78, 5) is 3.85. The number of hydrogen-bond acceptors (Lipinski definition) is 2. The Morgan fingerprint density at radius 1 is 1.50 bits per heavy atom. The number of pyridine rings is 1. The molecule has 5 heteroatoms. The minimum Gasteiger partial charge on any atom is -0.491 e. The molecule has 0 atom stereocenters. The lowest BCUT2D eigenvalue weighted by Crippen LogP contribution is -1.94. The average molecular weight is 271 g/mol. The van der Waals surface area contributed by atoms with Gasteiger partial charge >= 0.3 is 0 Å². The van der Waals surface area contributed by atoms with Gasteiger partial charge in [0, 0.05) is 6.07 Å². The van der Waals surface area contributed by atoms with Gasteiger partial charge in [-0.2, -0.15) is 0 Å². The molecule has 1 aromatic rings. The van der Waals surface area contributed by atoms with E-state index in [2.05, 4.69) is 20.9 Å². The molecular weight excluding hydrogens is 265 g/mol. The van der Waals surface area contributed by atoms with Crippen LogP contribution in [0, 0.1) is 0 Å². The quantitative estimate of drug-likeness (QED) is 0.767. The van der Waals surface area contributed by atoms with Crippen LogP contribution in [0.2, 0.25) is 10.3 Å². The molecule has 0 aliphatic carbocycles. The van der Waals surface area contributed by atoms with Crippen molar-refractivity contribution >= 4 is 39.1 Å². The zero-order valence-corrected chi connectivity index (χ0v) is 9.37. The lowest BCUT2D eigenvalue weighted by atomic mass is 10.4. The summed E-state index contributed by atoms with van der Waals surface area (Å²) >= 11 is 14.6. The van der Waals surface area contributed by atoms with Crippen LogP contribution in [-0.2, 0) is 0 Å². The Balaban J connectivity index is 3.05. The van der Waals surface area contributed by atoms with Gasteiger partial charge in [0.2, 0.25) is 0 Å². The standard InChI is InChI=1S/C7H6BrCl2NO/c1-2-12-5-3-4(8)6(9)11-7(5)10/h3H,2H2,1H3. The minimum atomic E-state index is 0.282. The van der Waals surface area contributed by atoms with E-state index in [9.17, 15) is 0 Å². The summed E-state index contributed by atoms with van der Waals surface area (Å²) in [5.41, 5.74) is 0. The second kappa shape index (κ2) is 4.30. The van der Waals surface area contributed by atoms with Crippen molar-refractivity contribution in [2.24, 2.45) is 0 Å². The highest BCUT2D eigenvalue weighted by atomic mass is 79.9. The van der Waals surface area contributed by atoms with Crippen LogP contribution in [0.25, 0.3) is 0 Å². The van der Waals surface area contributed by atoms with E-state index in [1.807, 2.05) is 6.92 Å². The molecule has 1 heterocycles. The van der Waals surface area contributed by atoms with Crippen molar-refractivity contribution in [1.29, 1.82) is 0 Å². The molecule has 0 aromatic carbocycles. The average Bonchev–Trinajstić information content (AvgIpc) is 2.01. The summed E-state index contributed by atoms with van der Waals surface area (Å²) in [5, 5.41) is 0.619. The smallest absolute Gasteiger partial charge is 0.172 e. The zero-order valence-electron chi connectivity index (χ0n) is 6.27. The number of aromatic nitrogens is 1. The van der Waals surface area contributed by atoms with Gasteiger partial charge in [-0.1, -0.05) is 23.2 Å². The van der Waals surface area contributed by atoms with Crippen molar-refractivity contribution in [3.63, 3.8) is 0 Å². The Morgan fingerprint density at radius 2 is 2.17 bits per heavy atom. The molecule has 0 saturated carbocycles. The molecule has 1 aromatic heterocycles. The van der Waals surface area contributed by atoms with Crippen molar-refractivity contribution in [2.75, 3.05) is 6.61 Å². The van der Waals surface area contributed by atoms with Crippen LogP contribution in [0.4, 0.5) is 0 Å². The highest BCUT2D eigenvalue weighted by Crippen LogP contribution is 2.30. The maximum Gasteiger partial charge on any atom is 0.172 e. The Labute approximate surface area is 89.0 Å². The predicted octanol–water partition coefficient (Wildman–Crippen LogP) is 3.55. The van der Waals surface area contributed by atoms with Crippen LogP contribution in [0.1, 0.15) is 6.92 Å². The van der Waals surface area contributed by atoms with Crippen LogP contribution in [0.5, 0.6) is 5.75 Å². The first-order chi connectivity index (χ1) is 5.65. The van der Waals surface area contributed by atoms with Crippen molar-refractivity contribution in [3.05, 3.63) is 20.8 Å². The molecular formula is C7H6BrCl2NO. The molecule has 0 saturated heterocycles. The zero-order chi connectivity index (χ0) is 9.14. The normalized spacial score (nSPS) is 10.0. The maximum absolute atomic E-state index is 5.74. The van der Waals surface area contributed by atoms with Gasteiger partial charge in [0.1, 0.15) is 5.15 Å². The molecule has 0 N–H and O–H groups in total. The van der Waals surface area contributed by atoms with Crippen LogP contribution in [0.3, 0.4) is 0 Å². The number of hydrogen-bond donors (Lipinski definition) is 0. The number of rotatable bonds is 2. The maximum atomic E-state index is 5.74. The van der Waals surface area contributed by atoms with Crippen molar-refractivity contribution in [3.8, 4) is 5.75 Å². The van der Waals surface area contributed by atoms with Gasteiger partial charge in [-0.3, -0.25) is 0 Å². The van der Waals surface area contributed by atoms with Gasteiger partial charge in [-0.25, -0.2) is 4.98 Å². The summed E-state index contributed by atoms with van der Waals surface area (Å²) in [6.45, 7) is 2.42. The first kappa shape index (κ1) is 10.1. The van der Waals surface area contributed by atoms with Crippen LogP contribution in [-0.4, -0.2) is 11.6 Å². The largest absolute Gasteiger partial charge is 0.491 e. The summed E-state index contributed by atoms with van der Waals surface area (Å²) in [6, 6.07) is 1.70. The molecule has 0 unspecified atom stereocenters. The summed E-state index contributed by atoms with van der Waals surface area (Å²) in [7, 11) is 0. The first-order valence-electron chi connectivity index (χ1n) is 3.29. The second-order valence-electron chi connectivity index (χ2n) is 1.98. The lowest BCUT2D eigenvalue weighted by molar-refractivity contribution is 0.339. The molecule has 0 amide bonds. The van der Waals surface area contributed by atoms with Crippen LogP contribution >= 0.6 is 39.1 Å². The summed E-state index contributed by atoms with van der Waals surface area (Å²) in [5.74, 6) is 0.537. The molecule has 0 aliphatic heterocycles. The predicted molar refractivity (Wildman–Crippen MR) is 53.1 cm³/mol. The van der Waals surface area contributed by atoms with E-state index in [1.165, 1.54) is 0 Å². The molecule has 12 heavy (non-hydrogen) atoms. The first-order valence-corrected chi connectivity index (χ1v) is 4.84. The molecule has 2 nitrogen and oxygen atoms in total. The fourth-order valence-corrected chi connectivity index (χ4v) is 1.36. The van der Waals surface area contributed by atoms with E-state index in [0.29, 0.717) is 22.0 Å². The van der Waals surface area contributed by atoms with Crippen molar-refractivity contribution < 1.29 is 4.74 Å². The highest BCUT2D eigenvalue weighted by Gasteiger charge is 2.07. The molecule has 1 rings (SSSR count). The highest BCUT2D eigenvalue weighted by molar-refractivity contribution is 9.10. The molecule has 0 spiro atoms. The van der Waals surface area contributed by atoms with Gasteiger partial charge in [-0.15, -0.1) is 0 Å². The van der Waals surface area contributed by atoms with Gasteiger partial charge in [0.15, 0.2) is 10.9 Å². The van der Waals surface area contributed by atoms with Crippen LogP contribution < -0.4 is 4.74 Å². The molecule has 0 fully saturated rings. The molecule has 66 valence electrons. The molecule has 0 radical (unpaired) electrons.